The Morgan fingerprint density at radius 3 is 2.61 bits per heavy atom. The van der Waals surface area contributed by atoms with Crippen LogP contribution in [0.2, 0.25) is 0 Å². The number of anilines is 2. The molecule has 1 fully saturated rings. The quantitative estimate of drug-likeness (QED) is 0.533. The molecule has 0 unspecified atom stereocenters. The Morgan fingerprint density at radius 1 is 1.06 bits per heavy atom. The first-order valence-electron chi connectivity index (χ1n) is 11.0. The lowest BCUT2D eigenvalue weighted by molar-refractivity contribution is -0.152. The van der Waals surface area contributed by atoms with E-state index in [1.807, 2.05) is 73.0 Å². The van der Waals surface area contributed by atoms with Crippen LogP contribution < -0.4 is 9.80 Å². The molecule has 2 aliphatic heterocycles. The summed E-state index contributed by atoms with van der Waals surface area (Å²) in [4.78, 5) is 43.2. The SMILES string of the molecule is Cc1ccc(N2C(=O)C[C@H](C(=O)OCC(=O)N3CCc4ccccc43)[C@H]2c2cccs2)cc1. The van der Waals surface area contributed by atoms with Gasteiger partial charge in [0.15, 0.2) is 6.61 Å². The van der Waals surface area contributed by atoms with Crippen LogP contribution in [0.4, 0.5) is 11.4 Å². The van der Waals surface area contributed by atoms with Crippen molar-refractivity contribution in [2.75, 3.05) is 23.0 Å². The third kappa shape index (κ3) is 4.04. The molecule has 2 atom stereocenters. The Labute approximate surface area is 196 Å². The minimum absolute atomic E-state index is 0.0516. The molecule has 0 bridgehead atoms. The number of hydrogen-bond donors (Lipinski definition) is 0. The Balaban J connectivity index is 1.33. The summed E-state index contributed by atoms with van der Waals surface area (Å²) in [6, 6.07) is 18.9. The minimum Gasteiger partial charge on any atom is -0.455 e. The minimum atomic E-state index is -0.670. The highest BCUT2D eigenvalue weighted by atomic mass is 32.1. The molecular formula is C26H24N2O4S. The molecule has 2 aliphatic rings. The van der Waals surface area contributed by atoms with Gasteiger partial charge in [-0.25, -0.2) is 0 Å². The number of carbonyl (C=O) groups excluding carboxylic acids is 3. The van der Waals surface area contributed by atoms with E-state index >= 15 is 0 Å². The summed E-state index contributed by atoms with van der Waals surface area (Å²) in [5, 5.41) is 1.93. The zero-order valence-electron chi connectivity index (χ0n) is 18.3. The molecule has 3 heterocycles. The van der Waals surface area contributed by atoms with Gasteiger partial charge in [0, 0.05) is 29.2 Å². The predicted molar refractivity (Wildman–Crippen MR) is 127 cm³/mol. The van der Waals surface area contributed by atoms with Crippen LogP contribution >= 0.6 is 11.3 Å². The number of thiophene rings is 1. The highest BCUT2D eigenvalue weighted by Crippen LogP contribution is 2.43. The molecular weight excluding hydrogens is 436 g/mol. The normalized spacial score (nSPS) is 19.6. The summed E-state index contributed by atoms with van der Waals surface area (Å²) in [6.45, 7) is 2.23. The lowest BCUT2D eigenvalue weighted by Gasteiger charge is -2.27. The zero-order valence-corrected chi connectivity index (χ0v) is 19.1. The monoisotopic (exact) mass is 460 g/mol. The van der Waals surface area contributed by atoms with Crippen molar-refractivity contribution in [3.05, 3.63) is 82.0 Å². The third-order valence-electron chi connectivity index (χ3n) is 6.30. The summed E-state index contributed by atoms with van der Waals surface area (Å²) >= 11 is 1.51. The van der Waals surface area contributed by atoms with Crippen LogP contribution in [0.3, 0.4) is 0 Å². The molecule has 1 saturated heterocycles. The first-order valence-corrected chi connectivity index (χ1v) is 11.9. The van der Waals surface area contributed by atoms with Gasteiger partial charge in [0.1, 0.15) is 0 Å². The number of aryl methyl sites for hydroxylation is 1. The topological polar surface area (TPSA) is 66.9 Å². The van der Waals surface area contributed by atoms with Crippen molar-refractivity contribution in [2.24, 2.45) is 5.92 Å². The van der Waals surface area contributed by atoms with E-state index in [1.165, 1.54) is 11.3 Å². The molecule has 0 aliphatic carbocycles. The van der Waals surface area contributed by atoms with Crippen LogP contribution in [0.1, 0.15) is 28.5 Å². The molecule has 168 valence electrons. The maximum absolute atomic E-state index is 13.1. The van der Waals surface area contributed by atoms with E-state index in [9.17, 15) is 14.4 Å². The Morgan fingerprint density at radius 2 is 1.85 bits per heavy atom. The predicted octanol–water partition coefficient (Wildman–Crippen LogP) is 4.28. The van der Waals surface area contributed by atoms with Gasteiger partial charge < -0.3 is 14.5 Å². The van der Waals surface area contributed by atoms with E-state index < -0.39 is 17.9 Å². The van der Waals surface area contributed by atoms with Crippen molar-refractivity contribution in [1.29, 1.82) is 0 Å². The number of esters is 1. The highest BCUT2D eigenvalue weighted by Gasteiger charge is 2.46. The number of benzene rings is 2. The van der Waals surface area contributed by atoms with Crippen molar-refractivity contribution in [2.45, 2.75) is 25.8 Å². The Kier molecular flexibility index (Phi) is 5.72. The van der Waals surface area contributed by atoms with Crippen molar-refractivity contribution in [1.82, 2.24) is 0 Å². The number of fused-ring (bicyclic) bond motifs is 1. The molecule has 2 aromatic carbocycles. The van der Waals surface area contributed by atoms with Gasteiger partial charge in [-0.1, -0.05) is 42.0 Å². The number of hydrogen-bond acceptors (Lipinski definition) is 5. The van der Waals surface area contributed by atoms with Gasteiger partial charge in [-0.15, -0.1) is 11.3 Å². The molecule has 0 saturated carbocycles. The van der Waals surface area contributed by atoms with E-state index in [0.29, 0.717) is 6.54 Å². The lowest BCUT2D eigenvalue weighted by atomic mass is 9.99. The molecule has 33 heavy (non-hydrogen) atoms. The number of para-hydroxylation sites is 1. The van der Waals surface area contributed by atoms with Gasteiger partial charge in [0.05, 0.1) is 12.0 Å². The van der Waals surface area contributed by atoms with Crippen molar-refractivity contribution in [3.8, 4) is 0 Å². The van der Waals surface area contributed by atoms with E-state index in [-0.39, 0.29) is 24.8 Å². The maximum atomic E-state index is 13.1. The van der Waals surface area contributed by atoms with Crippen LogP contribution in [0, 0.1) is 12.8 Å². The summed E-state index contributed by atoms with van der Waals surface area (Å²) < 4.78 is 5.49. The van der Waals surface area contributed by atoms with Crippen molar-refractivity contribution < 1.29 is 19.1 Å². The van der Waals surface area contributed by atoms with Crippen molar-refractivity contribution in [3.63, 3.8) is 0 Å². The van der Waals surface area contributed by atoms with Gasteiger partial charge in [-0.3, -0.25) is 14.4 Å². The maximum Gasteiger partial charge on any atom is 0.312 e. The number of ether oxygens (including phenoxy) is 1. The third-order valence-corrected chi connectivity index (χ3v) is 7.24. The fourth-order valence-electron chi connectivity index (χ4n) is 4.66. The molecule has 0 radical (unpaired) electrons. The largest absolute Gasteiger partial charge is 0.455 e. The second-order valence-corrected chi connectivity index (χ2v) is 9.38. The average molecular weight is 461 g/mol. The van der Waals surface area contributed by atoms with Crippen LogP contribution in [0.5, 0.6) is 0 Å². The van der Waals surface area contributed by atoms with E-state index in [0.717, 1.165) is 33.8 Å². The fourth-order valence-corrected chi connectivity index (χ4v) is 5.54. The summed E-state index contributed by atoms with van der Waals surface area (Å²) in [7, 11) is 0. The zero-order chi connectivity index (χ0) is 22.9. The van der Waals surface area contributed by atoms with Gasteiger partial charge >= 0.3 is 5.97 Å². The highest BCUT2D eigenvalue weighted by molar-refractivity contribution is 7.10. The van der Waals surface area contributed by atoms with Gasteiger partial charge in [-0.2, -0.15) is 0 Å². The Hall–Kier alpha value is -3.45. The molecule has 5 rings (SSSR count). The molecule has 7 heteroatoms. The van der Waals surface area contributed by atoms with Crippen LogP contribution in [0.15, 0.2) is 66.0 Å². The lowest BCUT2D eigenvalue weighted by Crippen LogP contribution is -2.35. The first kappa shape index (κ1) is 21.4. The number of nitrogens with zero attached hydrogens (tertiary/aromatic N) is 2. The number of carbonyl (C=O) groups is 3. The van der Waals surface area contributed by atoms with Gasteiger partial charge in [0.2, 0.25) is 5.91 Å². The molecule has 0 N–H and O–H groups in total. The van der Waals surface area contributed by atoms with E-state index in [1.54, 1.807) is 9.80 Å². The summed E-state index contributed by atoms with van der Waals surface area (Å²) in [6.07, 6.45) is 0.842. The second-order valence-electron chi connectivity index (χ2n) is 8.40. The second kappa shape index (κ2) is 8.83. The van der Waals surface area contributed by atoms with Crippen LogP contribution in [-0.4, -0.2) is 30.9 Å². The van der Waals surface area contributed by atoms with E-state index in [4.69, 9.17) is 4.74 Å². The summed E-state index contributed by atoms with van der Waals surface area (Å²) in [5.74, 6) is -1.56. The van der Waals surface area contributed by atoms with E-state index in [2.05, 4.69) is 0 Å². The molecule has 3 aromatic rings. The average Bonchev–Trinajstić information content (AvgIpc) is 3.56. The molecule has 0 spiro atoms. The molecule has 2 amide bonds. The van der Waals surface area contributed by atoms with Gasteiger partial charge in [0.25, 0.3) is 5.91 Å². The summed E-state index contributed by atoms with van der Waals surface area (Å²) in [5.41, 5.74) is 3.83. The number of rotatable bonds is 5. The van der Waals surface area contributed by atoms with Crippen molar-refractivity contribution >= 4 is 40.5 Å². The van der Waals surface area contributed by atoms with Gasteiger partial charge in [-0.05, 0) is 48.6 Å². The molecule has 6 nitrogen and oxygen atoms in total. The number of amides is 2. The fraction of sp³-hybridized carbons (Fsp3) is 0.269. The standard InChI is InChI=1S/C26H24N2O4S/c1-17-8-10-19(11-9-17)28-23(29)15-20(25(28)22-7-4-14-33-22)26(31)32-16-24(30)27-13-12-18-5-2-3-6-21(18)27/h2-11,14,20,25H,12-13,15-16H2,1H3/t20-,25-/m0/s1. The smallest absolute Gasteiger partial charge is 0.312 e. The van der Waals surface area contributed by atoms with Crippen LogP contribution in [-0.2, 0) is 25.5 Å². The molecule has 1 aromatic heterocycles. The van der Waals surface area contributed by atoms with Crippen LogP contribution in [0.25, 0.3) is 0 Å². The Bertz CT molecular complexity index is 1190. The first-order chi connectivity index (χ1) is 16.0.